The van der Waals surface area contributed by atoms with Crippen molar-refractivity contribution in [2.24, 2.45) is 47.3 Å². The van der Waals surface area contributed by atoms with Crippen LogP contribution in [0.2, 0.25) is 0 Å². The molecule has 0 aromatic heterocycles. The van der Waals surface area contributed by atoms with Crippen LogP contribution in [0.3, 0.4) is 0 Å². The molecule has 0 unspecified atom stereocenters. The largest absolute Gasteiger partial charge is 0.495 e. The monoisotopic (exact) mass is 484 g/mol. The van der Waals surface area contributed by atoms with Crippen LogP contribution in [-0.4, -0.2) is 37.8 Å². The van der Waals surface area contributed by atoms with E-state index in [1.54, 1.807) is 48.5 Å². The molecule has 4 aliphatic carbocycles. The van der Waals surface area contributed by atoms with Crippen LogP contribution in [-0.2, 0) is 19.2 Å². The molecule has 2 aliphatic heterocycles. The molecule has 2 saturated carbocycles. The number of para-hydroxylation sites is 4. The molecule has 2 aromatic carbocycles. The summed E-state index contributed by atoms with van der Waals surface area (Å²) >= 11 is 0. The summed E-state index contributed by atoms with van der Waals surface area (Å²) in [7, 11) is 3.02. The van der Waals surface area contributed by atoms with Crippen molar-refractivity contribution in [3.63, 3.8) is 0 Å². The molecule has 0 N–H and O–H groups in total. The number of methoxy groups -OCH3 is 2. The van der Waals surface area contributed by atoms with Crippen LogP contribution in [0, 0.1) is 47.3 Å². The highest BCUT2D eigenvalue weighted by atomic mass is 16.5. The molecule has 2 aromatic rings. The maximum Gasteiger partial charge on any atom is 0.238 e. The average Bonchev–Trinajstić information content (AvgIpc) is 3.27. The van der Waals surface area contributed by atoms with E-state index in [-0.39, 0.29) is 47.3 Å². The third-order valence-electron chi connectivity index (χ3n) is 9.00. The molecule has 182 valence electrons. The minimum atomic E-state index is -0.539. The predicted octanol–water partition coefficient (Wildman–Crippen LogP) is 2.68. The second kappa shape index (κ2) is 7.29. The maximum atomic E-state index is 13.7. The number of anilines is 2. The molecule has 0 radical (unpaired) electrons. The molecule has 2 saturated heterocycles. The minimum absolute atomic E-state index is 0.142. The Balaban J connectivity index is 1.26. The molecule has 8 rings (SSSR count). The molecule has 4 amide bonds. The Bertz CT molecular complexity index is 1330. The van der Waals surface area contributed by atoms with Crippen LogP contribution >= 0.6 is 0 Å². The zero-order chi connectivity index (χ0) is 24.9. The van der Waals surface area contributed by atoms with Gasteiger partial charge in [-0.1, -0.05) is 36.4 Å². The van der Waals surface area contributed by atoms with E-state index in [2.05, 4.69) is 0 Å². The molecule has 6 aliphatic rings. The maximum absolute atomic E-state index is 13.7. The van der Waals surface area contributed by atoms with E-state index in [0.717, 1.165) is 0 Å². The third kappa shape index (κ3) is 2.39. The van der Waals surface area contributed by atoms with Gasteiger partial charge in [-0.3, -0.25) is 19.2 Å². The van der Waals surface area contributed by atoms with E-state index in [1.165, 1.54) is 24.0 Å². The first kappa shape index (κ1) is 21.4. The Hall–Kier alpha value is -3.94. The Morgan fingerprint density at radius 2 is 0.917 bits per heavy atom. The van der Waals surface area contributed by atoms with Gasteiger partial charge in [-0.2, -0.15) is 0 Å². The summed E-state index contributed by atoms with van der Waals surface area (Å²) < 4.78 is 10.8. The molecular weight excluding hydrogens is 460 g/mol. The minimum Gasteiger partial charge on any atom is -0.495 e. The number of ether oxygens (including phenoxy) is 2. The average molecular weight is 485 g/mol. The number of nitrogens with zero attached hydrogens (tertiary/aromatic N) is 2. The lowest BCUT2D eigenvalue weighted by atomic mass is 9.40. The third-order valence-corrected chi connectivity index (χ3v) is 9.00. The fraction of sp³-hybridized carbons (Fsp3) is 0.357. The number of carbonyl (C=O) groups excluding carboxylic acids is 4. The zero-order valence-electron chi connectivity index (χ0n) is 19.7. The van der Waals surface area contributed by atoms with E-state index in [9.17, 15) is 19.2 Å². The number of benzene rings is 2. The van der Waals surface area contributed by atoms with Crippen LogP contribution in [0.1, 0.15) is 0 Å². The fourth-order valence-electron chi connectivity index (χ4n) is 7.70. The lowest BCUT2D eigenvalue weighted by Crippen LogP contribution is -2.63. The standard InChI is InChI=1S/C28H24N2O6/c1-35-17-9-5-3-7-15(17)29-25(31)21-13-11-12-14(22(21)26(29)32)20-19(13)23-24(20)28(34)30(27(23)33)16-8-4-6-10-18(16)36-2/h3-14,19-24H,1-2H3/t13-,14+,19-,20-,21+,22+,23-,24-/m1/s1. The van der Waals surface area contributed by atoms with E-state index < -0.39 is 23.7 Å². The van der Waals surface area contributed by atoms with Gasteiger partial charge in [-0.05, 0) is 47.9 Å². The molecule has 2 heterocycles. The number of amides is 4. The molecule has 8 heteroatoms. The first-order chi connectivity index (χ1) is 17.5. The Labute approximate surface area is 207 Å². The van der Waals surface area contributed by atoms with E-state index >= 15 is 0 Å². The van der Waals surface area contributed by atoms with Crippen LogP contribution in [0.15, 0.2) is 60.7 Å². The number of hydrogen-bond donors (Lipinski definition) is 0. The first-order valence-electron chi connectivity index (χ1n) is 12.2. The summed E-state index contributed by atoms with van der Waals surface area (Å²) in [6.45, 7) is 0. The van der Waals surface area contributed by atoms with Gasteiger partial charge in [-0.25, -0.2) is 9.80 Å². The topological polar surface area (TPSA) is 93.2 Å². The van der Waals surface area contributed by atoms with Crippen LogP contribution in [0.4, 0.5) is 11.4 Å². The van der Waals surface area contributed by atoms with Crippen molar-refractivity contribution in [2.45, 2.75) is 0 Å². The highest BCUT2D eigenvalue weighted by molar-refractivity contribution is 6.25. The van der Waals surface area contributed by atoms with E-state index in [4.69, 9.17) is 9.47 Å². The van der Waals surface area contributed by atoms with Crippen molar-refractivity contribution in [1.29, 1.82) is 0 Å². The van der Waals surface area contributed by atoms with Crippen molar-refractivity contribution < 1.29 is 28.7 Å². The van der Waals surface area contributed by atoms with Gasteiger partial charge < -0.3 is 9.47 Å². The highest BCUT2D eigenvalue weighted by Crippen LogP contribution is 2.68. The van der Waals surface area contributed by atoms with Crippen LogP contribution in [0.5, 0.6) is 11.5 Å². The Kier molecular flexibility index (Phi) is 4.32. The summed E-state index contributed by atoms with van der Waals surface area (Å²) in [6.07, 6.45) is 4.01. The molecule has 0 spiro atoms. The lowest BCUT2D eigenvalue weighted by molar-refractivity contribution is -0.166. The molecule has 4 fully saturated rings. The normalized spacial score (nSPS) is 35.5. The number of hydrogen-bond acceptors (Lipinski definition) is 6. The summed E-state index contributed by atoms with van der Waals surface area (Å²) in [5, 5.41) is 0. The van der Waals surface area contributed by atoms with E-state index in [0.29, 0.717) is 22.9 Å². The van der Waals surface area contributed by atoms with Gasteiger partial charge in [0, 0.05) is 0 Å². The number of imide groups is 2. The summed E-state index contributed by atoms with van der Waals surface area (Å²) in [6, 6.07) is 14.0. The lowest BCUT2D eigenvalue weighted by Gasteiger charge is -2.60. The summed E-state index contributed by atoms with van der Waals surface area (Å²) in [5.74, 6) is -2.97. The summed E-state index contributed by atoms with van der Waals surface area (Å²) in [5.41, 5.74) is 0.877. The SMILES string of the molecule is COc1ccccc1N1C(=O)[C@H]2[C@H]3C=C[C@@H]([C@@H]2C1=O)[C@H]1[C@H]2C(=O)N(c4ccccc4OC)C(=O)[C@@H]2[C@H]31. The van der Waals surface area contributed by atoms with Gasteiger partial charge in [-0.15, -0.1) is 0 Å². The van der Waals surface area contributed by atoms with Crippen molar-refractivity contribution in [3.8, 4) is 11.5 Å². The molecular formula is C28H24N2O6. The van der Waals surface area contributed by atoms with Crippen molar-refractivity contribution in [1.82, 2.24) is 0 Å². The predicted molar refractivity (Wildman–Crippen MR) is 128 cm³/mol. The summed E-state index contributed by atoms with van der Waals surface area (Å²) in [4.78, 5) is 57.2. The zero-order valence-corrected chi connectivity index (χ0v) is 19.7. The Morgan fingerprint density at radius 1 is 0.556 bits per heavy atom. The van der Waals surface area contributed by atoms with Gasteiger partial charge in [0.15, 0.2) is 0 Å². The smallest absolute Gasteiger partial charge is 0.238 e. The molecule has 2 bridgehead atoms. The number of rotatable bonds is 4. The van der Waals surface area contributed by atoms with Gasteiger partial charge in [0.2, 0.25) is 23.6 Å². The van der Waals surface area contributed by atoms with Gasteiger partial charge in [0.05, 0.1) is 49.3 Å². The van der Waals surface area contributed by atoms with Crippen molar-refractivity contribution in [3.05, 3.63) is 60.7 Å². The van der Waals surface area contributed by atoms with Crippen molar-refractivity contribution in [2.75, 3.05) is 24.0 Å². The number of carbonyl (C=O) groups is 4. The van der Waals surface area contributed by atoms with Crippen molar-refractivity contribution >= 4 is 35.0 Å². The highest BCUT2D eigenvalue weighted by Gasteiger charge is 2.75. The van der Waals surface area contributed by atoms with Gasteiger partial charge in [0.1, 0.15) is 11.5 Å². The quantitative estimate of drug-likeness (QED) is 0.489. The number of fused-ring (bicyclic) bond motifs is 1. The van der Waals surface area contributed by atoms with Gasteiger partial charge in [0.25, 0.3) is 0 Å². The molecule has 8 nitrogen and oxygen atoms in total. The fourth-order valence-corrected chi connectivity index (χ4v) is 7.70. The van der Waals surface area contributed by atoms with Gasteiger partial charge >= 0.3 is 0 Å². The van der Waals surface area contributed by atoms with Crippen LogP contribution in [0.25, 0.3) is 0 Å². The Morgan fingerprint density at radius 3 is 1.31 bits per heavy atom. The molecule has 8 atom stereocenters. The second-order valence-electron chi connectivity index (χ2n) is 10.2. The second-order valence-corrected chi connectivity index (χ2v) is 10.2. The number of allylic oxidation sites excluding steroid dienone is 2. The van der Waals surface area contributed by atoms with E-state index in [1.807, 2.05) is 12.2 Å². The molecule has 36 heavy (non-hydrogen) atoms. The first-order valence-corrected chi connectivity index (χ1v) is 12.2. The van der Waals surface area contributed by atoms with Crippen LogP contribution < -0.4 is 19.3 Å².